The van der Waals surface area contributed by atoms with E-state index in [0.29, 0.717) is 54.1 Å². The Morgan fingerprint density at radius 1 is 0.656 bits per heavy atom. The van der Waals surface area contributed by atoms with E-state index in [4.69, 9.17) is 37.0 Å². The summed E-state index contributed by atoms with van der Waals surface area (Å²) in [5.74, 6) is 1.97. The maximum Gasteiger partial charge on any atom is 0.491 e. The van der Waals surface area contributed by atoms with Crippen LogP contribution in [0.2, 0.25) is 0 Å². The summed E-state index contributed by atoms with van der Waals surface area (Å²) >= 11 is 5.50. The van der Waals surface area contributed by atoms with Gasteiger partial charge in [0.25, 0.3) is 5.56 Å². The summed E-state index contributed by atoms with van der Waals surface area (Å²) < 4.78 is 166. The number of fused-ring (bicyclic) bond motifs is 7. The average Bonchev–Trinajstić information content (AvgIpc) is 1.52. The van der Waals surface area contributed by atoms with Gasteiger partial charge >= 0.3 is 37.8 Å². The van der Waals surface area contributed by atoms with Crippen molar-refractivity contribution in [2.75, 3.05) is 19.5 Å². The molecule has 0 aliphatic heterocycles. The lowest BCUT2D eigenvalue weighted by Gasteiger charge is -2.36. The highest BCUT2D eigenvalue weighted by Gasteiger charge is 2.68. The number of nitrogens with two attached hydrogens (primary N) is 1. The molecule has 3 aromatic carbocycles. The first kappa shape index (κ1) is 85.8. The summed E-state index contributed by atoms with van der Waals surface area (Å²) in [5.41, 5.74) is -3.50. The third-order valence-electron chi connectivity index (χ3n) is 16.2. The SMILES string of the molecule is C.C.C.C.C.CC1(C)[C@@H]2CC[C@@]1(C)C(=O)C2C(=O)Cl.CN(N)C(=O)OC(C)(C)C.CN(Nc1cc(C(F)(F)F)ccc1F)C(=O)OC(C)(C)C.Cn1c2c(c(=O)n1-c1cc(C(F)(F)F)ccc1F)[C@H]1CC[C@]2(C)C1(C)C.OB(O)c1cc(C(F)(F)F)ccc1F. The van der Waals surface area contributed by atoms with Gasteiger partial charge < -0.3 is 19.5 Å². The number of ether oxygens (including phenoxy) is 2. The van der Waals surface area contributed by atoms with Crippen molar-refractivity contribution < 1.29 is 91.4 Å². The maximum absolute atomic E-state index is 14.4. The van der Waals surface area contributed by atoms with Gasteiger partial charge in [0.2, 0.25) is 5.24 Å². The lowest BCUT2D eigenvalue weighted by atomic mass is 9.70. The van der Waals surface area contributed by atoms with Crippen LogP contribution in [0.4, 0.5) is 68.0 Å². The Balaban J connectivity index is 0. The number of ketones is 1. The Hall–Kier alpha value is -6.26. The van der Waals surface area contributed by atoms with Crippen LogP contribution in [0.3, 0.4) is 0 Å². The fourth-order valence-corrected chi connectivity index (χ4v) is 11.3. The highest BCUT2D eigenvalue weighted by Crippen LogP contribution is 2.67. The van der Waals surface area contributed by atoms with Crippen molar-refractivity contribution in [2.24, 2.45) is 41.0 Å². The number of rotatable bonds is 5. The van der Waals surface area contributed by atoms with Crippen molar-refractivity contribution in [3.63, 3.8) is 0 Å². The fraction of sp³-hybridized carbons (Fsp3) is 0.590. The Morgan fingerprint density at radius 2 is 1.08 bits per heavy atom. The zero-order chi connectivity index (χ0) is 65.7. The number of carbonyl (C=O) groups is 4. The minimum absolute atomic E-state index is 0. The van der Waals surface area contributed by atoms with Gasteiger partial charge in [0.15, 0.2) is 5.78 Å². The van der Waals surface area contributed by atoms with E-state index in [0.717, 1.165) is 52.1 Å². The number of hydrogen-bond donors (Lipinski definition) is 4. The maximum atomic E-state index is 14.4. The summed E-state index contributed by atoms with van der Waals surface area (Å²) in [6.07, 6.45) is -11.6. The van der Waals surface area contributed by atoms with E-state index in [2.05, 4.69) is 40.0 Å². The molecule has 90 heavy (non-hydrogen) atoms. The summed E-state index contributed by atoms with van der Waals surface area (Å²) in [5, 5.41) is 18.3. The number of aromatic nitrogens is 2. The molecular weight excluding hydrogens is 1230 g/mol. The van der Waals surface area contributed by atoms with E-state index in [1.807, 2.05) is 6.92 Å². The molecule has 5 atom stereocenters. The van der Waals surface area contributed by atoms with Gasteiger partial charge in [-0.05, 0) is 156 Å². The molecule has 5 N–H and O–H groups in total. The van der Waals surface area contributed by atoms with E-state index in [1.165, 1.54) is 14.1 Å². The molecule has 1 unspecified atom stereocenters. The molecule has 3 saturated carbocycles. The van der Waals surface area contributed by atoms with Crippen LogP contribution in [0.15, 0.2) is 59.4 Å². The molecule has 0 radical (unpaired) electrons. The van der Waals surface area contributed by atoms with Gasteiger partial charge in [-0.15, -0.1) is 0 Å². The Labute approximate surface area is 525 Å². The number of hydrogen-bond acceptors (Lipinski definition) is 11. The van der Waals surface area contributed by atoms with Crippen molar-refractivity contribution in [3.8, 4) is 5.69 Å². The molecule has 1 aromatic heterocycles. The molecule has 0 saturated heterocycles. The molecule has 3 fully saturated rings. The lowest BCUT2D eigenvalue weighted by molar-refractivity contribution is -0.138. The van der Waals surface area contributed by atoms with E-state index in [9.17, 15) is 76.7 Å². The van der Waals surface area contributed by atoms with Gasteiger partial charge in [-0.25, -0.2) is 43.3 Å². The molecule has 2 amide bonds. The summed E-state index contributed by atoms with van der Waals surface area (Å²) in [7, 11) is 2.03. The average molecular weight is 1330 g/mol. The van der Waals surface area contributed by atoms with Crippen LogP contribution in [0, 0.1) is 45.5 Å². The molecule has 512 valence electrons. The number of halogens is 13. The van der Waals surface area contributed by atoms with Gasteiger partial charge in [-0.1, -0.05) is 78.7 Å². The fourth-order valence-electron chi connectivity index (χ4n) is 11.1. The monoisotopic (exact) mass is 1320 g/mol. The van der Waals surface area contributed by atoms with Crippen LogP contribution in [0.1, 0.15) is 180 Å². The van der Waals surface area contributed by atoms with Crippen molar-refractivity contribution in [1.29, 1.82) is 0 Å². The molecule has 4 aromatic rings. The summed E-state index contributed by atoms with van der Waals surface area (Å²) in [4.78, 5) is 58.8. The van der Waals surface area contributed by atoms with E-state index >= 15 is 0 Å². The van der Waals surface area contributed by atoms with E-state index in [-0.39, 0.29) is 82.1 Å². The molecule has 4 aliphatic rings. The number of benzene rings is 3. The van der Waals surface area contributed by atoms with Crippen LogP contribution >= 0.6 is 11.6 Å². The first-order valence-corrected chi connectivity index (χ1v) is 26.6. The Kier molecular flexibility index (Phi) is 28.6. The molecule has 29 heteroatoms. The summed E-state index contributed by atoms with van der Waals surface area (Å²) in [6.45, 7) is 22.7. The number of amides is 2. The minimum Gasteiger partial charge on any atom is -0.443 e. The number of carbonyl (C=O) groups excluding carboxylic acids is 4. The second kappa shape index (κ2) is 30.0. The second-order valence-corrected chi connectivity index (χ2v) is 25.0. The molecule has 4 bridgehead atoms. The normalized spacial score (nSPS) is 20.3. The zero-order valence-corrected chi connectivity index (χ0v) is 50.1. The van der Waals surface area contributed by atoms with Gasteiger partial charge in [0.05, 0.1) is 34.0 Å². The van der Waals surface area contributed by atoms with Crippen LogP contribution in [0.5, 0.6) is 0 Å². The van der Waals surface area contributed by atoms with E-state index in [1.54, 1.807) is 53.3 Å². The number of nitrogens with one attached hydrogen (secondary N) is 1. The number of Topliss-reactive ketones (excluding diaryl/α,β-unsaturated/α-hetero) is 1. The third kappa shape index (κ3) is 18.3. The predicted molar refractivity (Wildman–Crippen MR) is 325 cm³/mol. The first-order valence-electron chi connectivity index (χ1n) is 26.3. The Morgan fingerprint density at radius 3 is 1.46 bits per heavy atom. The number of nitrogens with zero attached hydrogens (tertiary/aromatic N) is 4. The second-order valence-electron chi connectivity index (χ2n) is 24.6. The smallest absolute Gasteiger partial charge is 0.443 e. The van der Waals surface area contributed by atoms with Gasteiger partial charge in [0.1, 0.15) is 34.3 Å². The Bertz CT molecular complexity index is 3210. The topological polar surface area (TPSA) is 199 Å². The largest absolute Gasteiger partial charge is 0.491 e. The van der Waals surface area contributed by atoms with E-state index < -0.39 is 111 Å². The standard InChI is InChI=1S/C19H20F4N2O.C13H16F4N2O2.C11H15ClO2.C7H5BF4O2.C6H14N2O2.5CH4/c1-17(2)11-7-8-18(17,3)15-14(11)16(26)25(24(15)4)13-9-10(19(21,22)23)5-6-12(13)20;1-12(2,3)21-11(20)19(4)18-10-7-8(13(15,16)17)5-6-9(10)14;1-10(2)6-4-5-11(10,3)8(13)7(6)9(12)14;9-6-2-1-4(7(10,11)12)3-5(6)8(13)14;1-6(2,3)10-5(9)8(4)7;;;;;/h5-6,9,11H,7-8H2,1-4H3;5-7,18H,1-4H3;6-7H,4-5H2,1-3H3;1-3,13-14H;7H2,1-4H3;5*1H4/t11-,18+;;6-,7?,11+;;;;;;;/m1.1......./s1. The molecule has 4 aliphatic carbocycles. The van der Waals surface area contributed by atoms with Crippen LogP contribution < -0.4 is 22.3 Å². The third-order valence-corrected chi connectivity index (χ3v) is 16.4. The highest BCUT2D eigenvalue weighted by atomic mass is 35.5. The molecular formula is C61H90BClF12N6O9. The van der Waals surface area contributed by atoms with Crippen molar-refractivity contribution in [1.82, 2.24) is 19.4 Å². The highest BCUT2D eigenvalue weighted by molar-refractivity contribution is 6.65. The number of alkyl halides is 9. The van der Waals surface area contributed by atoms with Crippen LogP contribution in [0.25, 0.3) is 5.69 Å². The first-order chi connectivity index (χ1) is 38.3. The van der Waals surface area contributed by atoms with Gasteiger partial charge in [0, 0.05) is 43.0 Å². The number of hydrazine groups is 2. The molecule has 8 rings (SSSR count). The van der Waals surface area contributed by atoms with Gasteiger partial charge in [-0.3, -0.25) is 24.5 Å². The minimum atomic E-state index is -4.63. The van der Waals surface area contributed by atoms with Gasteiger partial charge in [-0.2, -0.15) is 39.5 Å². The van der Waals surface area contributed by atoms with Crippen LogP contribution in [-0.2, 0) is 50.1 Å². The predicted octanol–water partition coefficient (Wildman–Crippen LogP) is 15.4. The summed E-state index contributed by atoms with van der Waals surface area (Å²) in [6, 6.07) is 5.47. The molecule has 1 heterocycles. The van der Waals surface area contributed by atoms with Crippen molar-refractivity contribution in [3.05, 3.63) is 110 Å². The quantitative estimate of drug-likeness (QED) is 0.0282. The lowest BCUT2D eigenvalue weighted by Crippen LogP contribution is -2.38. The molecule has 15 nitrogen and oxygen atoms in total. The molecule has 0 spiro atoms. The van der Waals surface area contributed by atoms with Crippen LogP contribution in [-0.4, -0.2) is 85.1 Å². The zero-order valence-electron chi connectivity index (χ0n) is 49.4. The van der Waals surface area contributed by atoms with Crippen molar-refractivity contribution >= 4 is 53.1 Å². The number of anilines is 1. The van der Waals surface area contributed by atoms with Crippen molar-refractivity contribution in [2.45, 2.75) is 187 Å².